The number of anilines is 1. The van der Waals surface area contributed by atoms with Crippen molar-refractivity contribution in [1.29, 1.82) is 0 Å². The van der Waals surface area contributed by atoms with Gasteiger partial charge in [0.15, 0.2) is 0 Å². The van der Waals surface area contributed by atoms with Crippen LogP contribution in [0.3, 0.4) is 0 Å². The molecule has 2 aromatic heterocycles. The summed E-state index contributed by atoms with van der Waals surface area (Å²) in [4.78, 5) is 23.0. The minimum Gasteiger partial charge on any atom is -0.365 e. The number of rotatable bonds is 7. The van der Waals surface area contributed by atoms with Crippen molar-refractivity contribution in [1.82, 2.24) is 15.3 Å². The molecule has 2 heterocycles. The molecular weight excluding hydrogens is 416 g/mol. The summed E-state index contributed by atoms with van der Waals surface area (Å²) in [5, 5.41) is 7.58. The molecule has 7 heteroatoms. The summed E-state index contributed by atoms with van der Waals surface area (Å²) in [6.07, 6.45) is 8.19. The Hall–Kier alpha value is -2.44. The number of benzene rings is 1. The van der Waals surface area contributed by atoms with E-state index < -0.39 is 0 Å². The number of aromatic nitrogens is 2. The van der Waals surface area contributed by atoms with Gasteiger partial charge >= 0.3 is 0 Å². The maximum atomic E-state index is 12.4. The van der Waals surface area contributed by atoms with E-state index in [4.69, 9.17) is 11.6 Å². The topological polar surface area (TPSA) is 66.9 Å². The summed E-state index contributed by atoms with van der Waals surface area (Å²) in [6, 6.07) is 9.72. The quantitative estimate of drug-likeness (QED) is 0.355. The third-order valence-electron chi connectivity index (χ3n) is 5.28. The van der Waals surface area contributed by atoms with Gasteiger partial charge in [0.05, 0.1) is 5.39 Å². The smallest absolute Gasteiger partial charge is 0.251 e. The molecule has 1 amide bonds. The van der Waals surface area contributed by atoms with Crippen LogP contribution in [0, 0.1) is 6.92 Å². The molecule has 3 aromatic rings. The number of fused-ring (bicyclic) bond motifs is 1. The van der Waals surface area contributed by atoms with Gasteiger partial charge in [-0.1, -0.05) is 23.8 Å². The van der Waals surface area contributed by atoms with Gasteiger partial charge in [-0.2, -0.15) is 0 Å². The van der Waals surface area contributed by atoms with E-state index in [0.29, 0.717) is 18.7 Å². The Morgan fingerprint density at radius 3 is 2.80 bits per heavy atom. The molecule has 0 saturated heterocycles. The zero-order valence-electron chi connectivity index (χ0n) is 17.0. The minimum atomic E-state index is -0.0241. The third-order valence-corrected chi connectivity index (χ3v) is 6.39. The number of carbonyl (C=O) groups is 1. The van der Waals surface area contributed by atoms with Crippen LogP contribution in [-0.2, 0) is 6.54 Å². The number of nitrogens with one attached hydrogen (secondary N) is 2. The molecule has 0 radical (unpaired) electrons. The summed E-state index contributed by atoms with van der Waals surface area (Å²) in [5.74, 6) is 0.706. The fourth-order valence-electron chi connectivity index (χ4n) is 3.68. The summed E-state index contributed by atoms with van der Waals surface area (Å²) in [7, 11) is 0. The maximum Gasteiger partial charge on any atom is 0.251 e. The van der Waals surface area contributed by atoms with Gasteiger partial charge in [0, 0.05) is 23.5 Å². The van der Waals surface area contributed by atoms with Crippen LogP contribution in [0.5, 0.6) is 0 Å². The van der Waals surface area contributed by atoms with E-state index in [9.17, 15) is 4.79 Å². The summed E-state index contributed by atoms with van der Waals surface area (Å²) < 4.78 is 0. The highest BCUT2D eigenvalue weighted by molar-refractivity contribution is 7.18. The van der Waals surface area contributed by atoms with Crippen molar-refractivity contribution in [3.05, 3.63) is 63.3 Å². The van der Waals surface area contributed by atoms with Crippen LogP contribution in [0.15, 0.2) is 42.0 Å². The van der Waals surface area contributed by atoms with E-state index in [2.05, 4.69) is 32.7 Å². The molecule has 30 heavy (non-hydrogen) atoms. The maximum absolute atomic E-state index is 12.4. The Morgan fingerprint density at radius 2 is 2.03 bits per heavy atom. The van der Waals surface area contributed by atoms with Crippen molar-refractivity contribution in [3.63, 3.8) is 0 Å². The Morgan fingerprint density at radius 1 is 1.20 bits per heavy atom. The predicted octanol–water partition coefficient (Wildman–Crippen LogP) is 5.89. The Labute approximate surface area is 185 Å². The van der Waals surface area contributed by atoms with Crippen LogP contribution in [0.2, 0.25) is 5.28 Å². The van der Waals surface area contributed by atoms with Crippen molar-refractivity contribution in [2.75, 3.05) is 11.9 Å². The van der Waals surface area contributed by atoms with Crippen LogP contribution in [0.1, 0.15) is 52.9 Å². The van der Waals surface area contributed by atoms with Gasteiger partial charge in [0.25, 0.3) is 5.91 Å². The van der Waals surface area contributed by atoms with Gasteiger partial charge in [0.2, 0.25) is 5.28 Å². The molecule has 0 bridgehead atoms. The van der Waals surface area contributed by atoms with Crippen LogP contribution in [-0.4, -0.2) is 22.4 Å². The first-order valence-electron chi connectivity index (χ1n) is 10.3. The lowest BCUT2D eigenvalue weighted by Crippen LogP contribution is -2.24. The van der Waals surface area contributed by atoms with Gasteiger partial charge in [-0.15, -0.1) is 11.3 Å². The molecular formula is C23H25ClN4OS. The van der Waals surface area contributed by atoms with Crippen molar-refractivity contribution in [2.24, 2.45) is 0 Å². The lowest BCUT2D eigenvalue weighted by Gasteiger charge is -2.13. The van der Waals surface area contributed by atoms with Crippen molar-refractivity contribution < 1.29 is 4.79 Å². The molecule has 0 atom stereocenters. The van der Waals surface area contributed by atoms with Gasteiger partial charge in [0.1, 0.15) is 10.6 Å². The summed E-state index contributed by atoms with van der Waals surface area (Å²) in [6.45, 7) is 3.33. The zero-order chi connectivity index (χ0) is 20.9. The zero-order valence-corrected chi connectivity index (χ0v) is 18.6. The molecule has 4 rings (SSSR count). The van der Waals surface area contributed by atoms with Gasteiger partial charge in [-0.05, 0) is 74.4 Å². The van der Waals surface area contributed by atoms with Crippen molar-refractivity contribution in [2.45, 2.75) is 45.6 Å². The van der Waals surface area contributed by atoms with Crippen LogP contribution in [0.4, 0.5) is 5.82 Å². The third kappa shape index (κ3) is 5.18. The second kappa shape index (κ2) is 9.58. The van der Waals surface area contributed by atoms with Gasteiger partial charge in [-0.25, -0.2) is 9.97 Å². The number of carbonyl (C=O) groups excluding carboxylic acids is 1. The monoisotopic (exact) mass is 440 g/mol. The number of hydrogen-bond acceptors (Lipinski definition) is 5. The number of aryl methyl sites for hydroxylation is 1. The second-order valence-corrected chi connectivity index (χ2v) is 9.15. The Balaban J connectivity index is 1.32. The van der Waals surface area contributed by atoms with E-state index in [1.165, 1.54) is 36.1 Å². The normalized spacial score (nSPS) is 13.9. The van der Waals surface area contributed by atoms with E-state index in [1.54, 1.807) is 11.3 Å². The van der Waals surface area contributed by atoms with E-state index >= 15 is 0 Å². The molecule has 0 saturated carbocycles. The average Bonchev–Trinajstić information content (AvgIpc) is 3.13. The molecule has 1 aromatic carbocycles. The van der Waals surface area contributed by atoms with E-state index in [1.807, 2.05) is 31.2 Å². The average molecular weight is 441 g/mol. The number of halogens is 1. The molecule has 2 N–H and O–H groups in total. The molecule has 0 aliphatic heterocycles. The highest BCUT2D eigenvalue weighted by Gasteiger charge is 2.10. The van der Waals surface area contributed by atoms with Crippen LogP contribution in [0.25, 0.3) is 10.2 Å². The number of amides is 1. The number of hydrogen-bond donors (Lipinski definition) is 2. The minimum absolute atomic E-state index is 0.0241. The van der Waals surface area contributed by atoms with E-state index in [0.717, 1.165) is 28.0 Å². The van der Waals surface area contributed by atoms with Gasteiger partial charge < -0.3 is 10.6 Å². The first-order chi connectivity index (χ1) is 14.6. The fourth-order valence-corrected chi connectivity index (χ4v) is 4.78. The summed E-state index contributed by atoms with van der Waals surface area (Å²) >= 11 is 7.66. The molecule has 1 aliphatic carbocycles. The molecule has 1 aliphatic rings. The number of nitrogens with zero attached hydrogens (tertiary/aromatic N) is 2. The molecule has 0 spiro atoms. The number of thiophene rings is 1. The first kappa shape index (κ1) is 20.8. The Kier molecular flexibility index (Phi) is 6.65. The van der Waals surface area contributed by atoms with Crippen LogP contribution < -0.4 is 10.6 Å². The molecule has 156 valence electrons. The number of allylic oxidation sites excluding steroid dienone is 1. The highest BCUT2D eigenvalue weighted by atomic mass is 35.5. The van der Waals surface area contributed by atoms with Crippen LogP contribution >= 0.6 is 22.9 Å². The largest absolute Gasteiger partial charge is 0.365 e. The molecule has 5 nitrogen and oxygen atoms in total. The second-order valence-electron chi connectivity index (χ2n) is 7.58. The molecule has 0 unspecified atom stereocenters. The van der Waals surface area contributed by atoms with Crippen molar-refractivity contribution >= 4 is 44.9 Å². The predicted molar refractivity (Wildman–Crippen MR) is 124 cm³/mol. The van der Waals surface area contributed by atoms with Crippen molar-refractivity contribution in [3.8, 4) is 0 Å². The standard InChI is InChI=1S/C23H25ClN4OS/c1-15-13-19-20(27-23(24)28-22(19)30-15)26-14-17-7-9-18(10-8-17)21(29)25-12-11-16-5-3-2-4-6-16/h5,7-10,13H,2-4,6,11-12,14H2,1H3,(H,25,29)(H,26,27,28). The van der Waals surface area contributed by atoms with Gasteiger partial charge in [-0.3, -0.25) is 4.79 Å². The van der Waals surface area contributed by atoms with E-state index in [-0.39, 0.29) is 11.2 Å². The highest BCUT2D eigenvalue weighted by Crippen LogP contribution is 2.29. The SMILES string of the molecule is Cc1cc2c(NCc3ccc(C(=O)NCCC4=CCCCC4)cc3)nc(Cl)nc2s1. The molecule has 0 fully saturated rings. The lowest BCUT2D eigenvalue weighted by molar-refractivity contribution is 0.0954. The summed E-state index contributed by atoms with van der Waals surface area (Å²) in [5.41, 5.74) is 3.22. The lowest BCUT2D eigenvalue weighted by atomic mass is 9.97. The fraction of sp³-hybridized carbons (Fsp3) is 0.348. The Bertz CT molecular complexity index is 1070. The first-order valence-corrected chi connectivity index (χ1v) is 11.5.